The van der Waals surface area contributed by atoms with Crippen LogP contribution in [0.3, 0.4) is 0 Å². The number of benzene rings is 2. The summed E-state index contributed by atoms with van der Waals surface area (Å²) < 4.78 is 26.4. The van der Waals surface area contributed by atoms with E-state index in [0.29, 0.717) is 18.7 Å². The molecule has 2 rings (SSSR count). The molecule has 2 aromatic carbocycles. The molecule has 8 heteroatoms. The van der Waals surface area contributed by atoms with Crippen molar-refractivity contribution >= 4 is 27.5 Å². The normalized spacial score (nSPS) is 12.2. The highest BCUT2D eigenvalue weighted by atomic mass is 32.2. The average molecular weight is 474 g/mol. The van der Waals surface area contributed by atoms with Crippen LogP contribution < -0.4 is 9.62 Å². The number of amides is 2. The highest BCUT2D eigenvalue weighted by molar-refractivity contribution is 7.92. The second kappa shape index (κ2) is 11.3. The number of aryl methyl sites for hydroxylation is 3. The van der Waals surface area contributed by atoms with Gasteiger partial charge in [-0.1, -0.05) is 42.8 Å². The number of hydrogen-bond acceptors (Lipinski definition) is 4. The van der Waals surface area contributed by atoms with Gasteiger partial charge in [-0.2, -0.15) is 0 Å². The second-order valence-electron chi connectivity index (χ2n) is 8.44. The van der Waals surface area contributed by atoms with Crippen molar-refractivity contribution in [2.24, 2.45) is 0 Å². The van der Waals surface area contributed by atoms with Crippen molar-refractivity contribution in [3.05, 3.63) is 64.7 Å². The minimum atomic E-state index is -3.74. The molecule has 0 radical (unpaired) electrons. The van der Waals surface area contributed by atoms with Crippen LogP contribution >= 0.6 is 0 Å². The van der Waals surface area contributed by atoms with Gasteiger partial charge < -0.3 is 10.2 Å². The van der Waals surface area contributed by atoms with Crippen LogP contribution in [0.5, 0.6) is 0 Å². The predicted molar refractivity (Wildman–Crippen MR) is 133 cm³/mol. The highest BCUT2D eigenvalue weighted by Gasteiger charge is 2.31. The summed E-state index contributed by atoms with van der Waals surface area (Å²) in [6.07, 6.45) is 1.50. The largest absolute Gasteiger partial charge is 0.355 e. The van der Waals surface area contributed by atoms with E-state index in [-0.39, 0.29) is 19.0 Å². The maximum absolute atomic E-state index is 13.6. The number of sulfonamides is 1. The summed E-state index contributed by atoms with van der Waals surface area (Å²) in [6, 6.07) is 12.4. The Morgan fingerprint density at radius 3 is 2.00 bits per heavy atom. The molecule has 0 aliphatic carbocycles. The van der Waals surface area contributed by atoms with Crippen molar-refractivity contribution in [2.75, 3.05) is 23.7 Å². The van der Waals surface area contributed by atoms with Gasteiger partial charge in [0.15, 0.2) is 0 Å². The Kier molecular flexibility index (Phi) is 9.05. The van der Waals surface area contributed by atoms with E-state index in [1.165, 1.54) is 4.90 Å². The third-order valence-electron chi connectivity index (χ3n) is 5.38. The lowest BCUT2D eigenvalue weighted by Gasteiger charge is -2.33. The fourth-order valence-corrected chi connectivity index (χ4v) is 4.64. The van der Waals surface area contributed by atoms with E-state index in [4.69, 9.17) is 0 Å². The van der Waals surface area contributed by atoms with E-state index >= 15 is 0 Å². The SMILES string of the molecule is CCNC(=O)[C@H](CC)N(Cc1ccc(C)cc1)C(=O)CN(c1cc(C)cc(C)c1)S(C)(=O)=O. The lowest BCUT2D eigenvalue weighted by atomic mass is 10.1. The second-order valence-corrected chi connectivity index (χ2v) is 10.3. The fraction of sp³-hybridized carbons (Fsp3) is 0.440. The molecule has 0 saturated carbocycles. The zero-order valence-electron chi connectivity index (χ0n) is 20.4. The molecular formula is C25H35N3O4S. The average Bonchev–Trinajstić information content (AvgIpc) is 2.71. The quantitative estimate of drug-likeness (QED) is 0.574. The topological polar surface area (TPSA) is 86.8 Å². The Hall–Kier alpha value is -2.87. The molecule has 2 aromatic rings. The first kappa shape index (κ1) is 26.4. The minimum Gasteiger partial charge on any atom is -0.355 e. The van der Waals surface area contributed by atoms with E-state index < -0.39 is 22.0 Å². The summed E-state index contributed by atoms with van der Waals surface area (Å²) in [7, 11) is -3.74. The first-order chi connectivity index (χ1) is 15.5. The minimum absolute atomic E-state index is 0.208. The Morgan fingerprint density at radius 2 is 1.52 bits per heavy atom. The molecule has 0 heterocycles. The molecule has 33 heavy (non-hydrogen) atoms. The number of rotatable bonds is 10. The third kappa shape index (κ3) is 7.32. The van der Waals surface area contributed by atoms with Crippen molar-refractivity contribution in [1.82, 2.24) is 10.2 Å². The zero-order chi connectivity index (χ0) is 24.8. The van der Waals surface area contributed by atoms with E-state index in [1.807, 2.05) is 65.0 Å². The van der Waals surface area contributed by atoms with Crippen molar-refractivity contribution in [1.29, 1.82) is 0 Å². The molecule has 0 aliphatic rings. The molecule has 0 aromatic heterocycles. The van der Waals surface area contributed by atoms with Gasteiger partial charge in [0, 0.05) is 13.1 Å². The summed E-state index contributed by atoms with van der Waals surface area (Å²) in [6.45, 7) is 9.66. The van der Waals surface area contributed by atoms with E-state index in [1.54, 1.807) is 12.1 Å². The number of nitrogens with zero attached hydrogens (tertiary/aromatic N) is 2. The summed E-state index contributed by atoms with van der Waals surface area (Å²) in [5.74, 6) is -0.684. The number of hydrogen-bond donors (Lipinski definition) is 1. The lowest BCUT2D eigenvalue weighted by molar-refractivity contribution is -0.140. The van der Waals surface area contributed by atoms with Crippen LogP contribution in [-0.4, -0.2) is 50.5 Å². The van der Waals surface area contributed by atoms with Crippen molar-refractivity contribution in [2.45, 2.75) is 53.6 Å². The Balaban J connectivity index is 2.45. The molecule has 1 N–H and O–H groups in total. The van der Waals surface area contributed by atoms with Crippen LogP contribution in [-0.2, 0) is 26.2 Å². The summed E-state index contributed by atoms with van der Waals surface area (Å²) >= 11 is 0. The zero-order valence-corrected chi connectivity index (χ0v) is 21.2. The van der Waals surface area contributed by atoms with Gasteiger partial charge in [0.05, 0.1) is 11.9 Å². The van der Waals surface area contributed by atoms with Gasteiger partial charge in [0.25, 0.3) is 0 Å². The standard InChI is InChI=1S/C25H35N3O4S/c1-7-23(25(30)26-8-2)27(16-21-11-9-18(3)10-12-21)24(29)17-28(33(6,31)32)22-14-19(4)13-20(5)15-22/h9-15,23H,7-8,16-17H2,1-6H3,(H,26,30)/t23-/m0/s1. The number of anilines is 1. The van der Waals surface area contributed by atoms with Gasteiger partial charge in [0.1, 0.15) is 12.6 Å². The maximum Gasteiger partial charge on any atom is 0.244 e. The third-order valence-corrected chi connectivity index (χ3v) is 6.52. The molecule has 0 spiro atoms. The van der Waals surface area contributed by atoms with Gasteiger partial charge in [0.2, 0.25) is 21.8 Å². The Labute approximate surface area is 197 Å². The number of carbonyl (C=O) groups excluding carboxylic acids is 2. The fourth-order valence-electron chi connectivity index (χ4n) is 3.81. The molecule has 0 saturated heterocycles. The summed E-state index contributed by atoms with van der Waals surface area (Å²) in [5.41, 5.74) is 4.19. The van der Waals surface area contributed by atoms with E-state index in [9.17, 15) is 18.0 Å². The number of nitrogens with one attached hydrogen (secondary N) is 1. The summed E-state index contributed by atoms with van der Waals surface area (Å²) in [5, 5.41) is 2.79. The highest BCUT2D eigenvalue weighted by Crippen LogP contribution is 2.22. The van der Waals surface area contributed by atoms with Crippen LogP contribution in [0, 0.1) is 20.8 Å². The first-order valence-corrected chi connectivity index (χ1v) is 13.0. The van der Waals surface area contributed by atoms with Gasteiger partial charge in [-0.25, -0.2) is 8.42 Å². The van der Waals surface area contributed by atoms with Gasteiger partial charge >= 0.3 is 0 Å². The van der Waals surface area contributed by atoms with Crippen molar-refractivity contribution < 1.29 is 18.0 Å². The monoisotopic (exact) mass is 473 g/mol. The molecule has 2 amide bonds. The molecule has 0 fully saturated rings. The molecule has 0 aliphatic heterocycles. The molecule has 180 valence electrons. The maximum atomic E-state index is 13.6. The van der Waals surface area contributed by atoms with Crippen LogP contribution in [0.1, 0.15) is 42.5 Å². The van der Waals surface area contributed by atoms with Gasteiger partial charge in [-0.15, -0.1) is 0 Å². The van der Waals surface area contributed by atoms with E-state index in [0.717, 1.165) is 32.8 Å². The number of likely N-dealkylation sites (N-methyl/N-ethyl adjacent to an activating group) is 1. The van der Waals surface area contributed by atoms with Crippen LogP contribution in [0.15, 0.2) is 42.5 Å². The van der Waals surface area contributed by atoms with Gasteiger partial charge in [-0.3, -0.25) is 13.9 Å². The van der Waals surface area contributed by atoms with Crippen molar-refractivity contribution in [3.63, 3.8) is 0 Å². The molecule has 1 atom stereocenters. The first-order valence-electron chi connectivity index (χ1n) is 11.1. The smallest absolute Gasteiger partial charge is 0.244 e. The molecule has 7 nitrogen and oxygen atoms in total. The van der Waals surface area contributed by atoms with Crippen LogP contribution in [0.25, 0.3) is 0 Å². The molecule has 0 unspecified atom stereocenters. The lowest BCUT2D eigenvalue weighted by Crippen LogP contribution is -2.52. The van der Waals surface area contributed by atoms with E-state index in [2.05, 4.69) is 5.32 Å². The Bertz CT molecular complexity index is 1060. The molecule has 0 bridgehead atoms. The number of carbonyl (C=O) groups is 2. The van der Waals surface area contributed by atoms with Gasteiger partial charge in [-0.05, 0) is 62.9 Å². The van der Waals surface area contributed by atoms with Crippen LogP contribution in [0.2, 0.25) is 0 Å². The molecular weight excluding hydrogens is 438 g/mol. The van der Waals surface area contributed by atoms with Crippen LogP contribution in [0.4, 0.5) is 5.69 Å². The summed E-state index contributed by atoms with van der Waals surface area (Å²) in [4.78, 5) is 27.8. The predicted octanol–water partition coefficient (Wildman–Crippen LogP) is 3.32. The van der Waals surface area contributed by atoms with Crippen molar-refractivity contribution in [3.8, 4) is 0 Å². The Morgan fingerprint density at radius 1 is 0.939 bits per heavy atom.